The van der Waals surface area contributed by atoms with Crippen molar-refractivity contribution in [1.29, 1.82) is 0 Å². The van der Waals surface area contributed by atoms with Crippen LogP contribution in [0.1, 0.15) is 22.8 Å². The molecule has 1 amide bonds. The lowest BCUT2D eigenvalue weighted by Gasteiger charge is -1.93. The molecule has 1 heterocycles. The molecule has 1 rings (SSSR count). The highest BCUT2D eigenvalue weighted by atomic mass is 16.1. The van der Waals surface area contributed by atoms with Crippen LogP contribution in [-0.2, 0) is 0 Å². The van der Waals surface area contributed by atoms with E-state index in [1.807, 2.05) is 0 Å². The molecule has 0 aliphatic heterocycles. The van der Waals surface area contributed by atoms with Crippen molar-refractivity contribution in [2.24, 2.45) is 5.73 Å². The lowest BCUT2D eigenvalue weighted by molar-refractivity contribution is 0.1000. The minimum Gasteiger partial charge on any atom is -0.366 e. The van der Waals surface area contributed by atoms with E-state index in [1.54, 1.807) is 19.2 Å². The third kappa shape index (κ3) is 1.83. The van der Waals surface area contributed by atoms with Crippen LogP contribution in [0.3, 0.4) is 0 Å². The molecule has 2 N–H and O–H groups in total. The Balaban J connectivity index is 3.09. The van der Waals surface area contributed by atoms with Crippen molar-refractivity contribution in [2.45, 2.75) is 6.92 Å². The van der Waals surface area contributed by atoms with E-state index in [1.165, 1.54) is 6.20 Å². The number of nitrogens with zero attached hydrogens (tertiary/aromatic N) is 1. The summed E-state index contributed by atoms with van der Waals surface area (Å²) in [5.74, 6) is 5.01. The zero-order chi connectivity index (χ0) is 8.97. The van der Waals surface area contributed by atoms with Gasteiger partial charge in [0.1, 0.15) is 0 Å². The minimum atomic E-state index is -0.484. The number of pyridine rings is 1. The molecule has 3 heteroatoms. The molecular formula is C9H8N2O. The Hall–Kier alpha value is -1.82. The first-order valence-corrected chi connectivity index (χ1v) is 3.41. The number of carbonyl (C=O) groups excluding carboxylic acids is 1. The van der Waals surface area contributed by atoms with Crippen molar-refractivity contribution < 1.29 is 4.79 Å². The summed E-state index contributed by atoms with van der Waals surface area (Å²) in [6.45, 7) is 1.72. The van der Waals surface area contributed by atoms with Gasteiger partial charge in [0.2, 0.25) is 5.91 Å². The van der Waals surface area contributed by atoms with Crippen molar-refractivity contribution in [1.82, 2.24) is 4.98 Å². The molecular weight excluding hydrogens is 152 g/mol. The van der Waals surface area contributed by atoms with E-state index in [0.29, 0.717) is 11.1 Å². The summed E-state index contributed by atoms with van der Waals surface area (Å²) >= 11 is 0. The zero-order valence-electron chi connectivity index (χ0n) is 6.66. The summed E-state index contributed by atoms with van der Waals surface area (Å²) in [5, 5.41) is 0. The molecule has 0 bridgehead atoms. The molecule has 0 aliphatic carbocycles. The molecule has 0 atom stereocenters. The van der Waals surface area contributed by atoms with Gasteiger partial charge in [0.25, 0.3) is 0 Å². The molecule has 0 aliphatic rings. The van der Waals surface area contributed by atoms with Gasteiger partial charge in [-0.15, -0.1) is 5.92 Å². The van der Waals surface area contributed by atoms with Gasteiger partial charge in [0.05, 0.1) is 5.56 Å². The lowest BCUT2D eigenvalue weighted by atomic mass is 10.2. The zero-order valence-corrected chi connectivity index (χ0v) is 6.66. The second-order valence-corrected chi connectivity index (χ2v) is 2.20. The molecule has 60 valence electrons. The summed E-state index contributed by atoms with van der Waals surface area (Å²) < 4.78 is 0. The van der Waals surface area contributed by atoms with E-state index in [9.17, 15) is 4.79 Å². The lowest BCUT2D eigenvalue weighted by Crippen LogP contribution is -2.11. The number of hydrogen-bond donors (Lipinski definition) is 1. The molecule has 1 aromatic heterocycles. The maximum absolute atomic E-state index is 10.7. The SMILES string of the molecule is CC#Cc1cncc(C(N)=O)c1. The smallest absolute Gasteiger partial charge is 0.250 e. The van der Waals surface area contributed by atoms with Gasteiger partial charge in [-0.3, -0.25) is 9.78 Å². The Bertz CT molecular complexity index is 360. The van der Waals surface area contributed by atoms with Crippen LogP contribution in [0, 0.1) is 11.8 Å². The molecule has 0 saturated heterocycles. The topological polar surface area (TPSA) is 56.0 Å². The average Bonchev–Trinajstić information content (AvgIpc) is 2.05. The molecule has 0 radical (unpaired) electrons. The van der Waals surface area contributed by atoms with Crippen LogP contribution in [-0.4, -0.2) is 10.9 Å². The fraction of sp³-hybridized carbons (Fsp3) is 0.111. The van der Waals surface area contributed by atoms with Crippen LogP contribution in [0.25, 0.3) is 0 Å². The highest BCUT2D eigenvalue weighted by Crippen LogP contribution is 1.99. The molecule has 0 aromatic carbocycles. The number of amides is 1. The molecule has 1 aromatic rings. The van der Waals surface area contributed by atoms with Crippen LogP contribution in [0.15, 0.2) is 18.5 Å². The first kappa shape index (κ1) is 8.28. The van der Waals surface area contributed by atoms with E-state index in [4.69, 9.17) is 5.73 Å². The predicted molar refractivity (Wildman–Crippen MR) is 45.3 cm³/mol. The monoisotopic (exact) mass is 160 g/mol. The molecule has 0 saturated carbocycles. The van der Waals surface area contributed by atoms with Crippen LogP contribution in [0.4, 0.5) is 0 Å². The van der Waals surface area contributed by atoms with E-state index < -0.39 is 5.91 Å². The summed E-state index contributed by atoms with van der Waals surface area (Å²) in [5.41, 5.74) is 6.14. The minimum absolute atomic E-state index is 0.384. The van der Waals surface area contributed by atoms with Crippen LogP contribution >= 0.6 is 0 Å². The van der Waals surface area contributed by atoms with Crippen LogP contribution < -0.4 is 5.73 Å². The van der Waals surface area contributed by atoms with Gasteiger partial charge in [0.15, 0.2) is 0 Å². The van der Waals surface area contributed by atoms with Crippen molar-refractivity contribution in [3.63, 3.8) is 0 Å². The fourth-order valence-electron chi connectivity index (χ4n) is 0.787. The highest BCUT2D eigenvalue weighted by Gasteiger charge is 1.99. The normalized spacial score (nSPS) is 8.42. The third-order valence-electron chi connectivity index (χ3n) is 1.29. The second kappa shape index (κ2) is 3.54. The van der Waals surface area contributed by atoms with Gasteiger partial charge in [-0.25, -0.2) is 0 Å². The van der Waals surface area contributed by atoms with Crippen molar-refractivity contribution in [3.05, 3.63) is 29.6 Å². The third-order valence-corrected chi connectivity index (χ3v) is 1.29. The number of rotatable bonds is 1. The van der Waals surface area contributed by atoms with Crippen molar-refractivity contribution >= 4 is 5.91 Å². The molecule has 0 fully saturated rings. The molecule has 0 unspecified atom stereocenters. The van der Waals surface area contributed by atoms with E-state index in [-0.39, 0.29) is 0 Å². The van der Waals surface area contributed by atoms with Crippen LogP contribution in [0.2, 0.25) is 0 Å². The average molecular weight is 160 g/mol. The Kier molecular flexibility index (Phi) is 2.44. The van der Waals surface area contributed by atoms with Crippen LogP contribution in [0.5, 0.6) is 0 Å². The Morgan fingerprint density at radius 2 is 2.33 bits per heavy atom. The number of aromatic nitrogens is 1. The van der Waals surface area contributed by atoms with E-state index in [0.717, 1.165) is 0 Å². The second-order valence-electron chi connectivity index (χ2n) is 2.20. The molecule has 12 heavy (non-hydrogen) atoms. The number of hydrogen-bond acceptors (Lipinski definition) is 2. The summed E-state index contributed by atoms with van der Waals surface area (Å²) in [7, 11) is 0. The Labute approximate surface area is 70.6 Å². The van der Waals surface area contributed by atoms with Gasteiger partial charge >= 0.3 is 0 Å². The predicted octanol–water partition coefficient (Wildman–Crippen LogP) is 0.552. The summed E-state index contributed by atoms with van der Waals surface area (Å²) in [6, 6.07) is 1.62. The van der Waals surface area contributed by atoms with E-state index in [2.05, 4.69) is 16.8 Å². The van der Waals surface area contributed by atoms with Gasteiger partial charge in [-0.1, -0.05) is 5.92 Å². The molecule has 3 nitrogen and oxygen atoms in total. The van der Waals surface area contributed by atoms with Gasteiger partial charge in [-0.2, -0.15) is 0 Å². The Morgan fingerprint density at radius 1 is 1.58 bits per heavy atom. The highest BCUT2D eigenvalue weighted by molar-refractivity contribution is 5.92. The van der Waals surface area contributed by atoms with Gasteiger partial charge in [0, 0.05) is 18.0 Å². The first-order valence-electron chi connectivity index (χ1n) is 3.41. The number of carbonyl (C=O) groups is 1. The number of primary amides is 1. The largest absolute Gasteiger partial charge is 0.366 e. The maximum Gasteiger partial charge on any atom is 0.250 e. The number of nitrogens with two attached hydrogens (primary N) is 1. The fourth-order valence-corrected chi connectivity index (χ4v) is 0.787. The maximum atomic E-state index is 10.7. The van der Waals surface area contributed by atoms with Gasteiger partial charge < -0.3 is 5.73 Å². The first-order chi connectivity index (χ1) is 5.74. The Morgan fingerprint density at radius 3 is 2.92 bits per heavy atom. The molecule has 0 spiro atoms. The summed E-state index contributed by atoms with van der Waals surface area (Å²) in [4.78, 5) is 14.5. The quantitative estimate of drug-likeness (QED) is 0.610. The standard InChI is InChI=1S/C9H8N2O/c1-2-3-7-4-8(9(10)12)6-11-5-7/h4-6H,1H3,(H2,10,12). The van der Waals surface area contributed by atoms with E-state index >= 15 is 0 Å². The van der Waals surface area contributed by atoms with Gasteiger partial charge in [-0.05, 0) is 13.0 Å². The van der Waals surface area contributed by atoms with Crippen molar-refractivity contribution in [3.8, 4) is 11.8 Å². The summed E-state index contributed by atoms with van der Waals surface area (Å²) in [6.07, 6.45) is 3.01. The van der Waals surface area contributed by atoms with Crippen molar-refractivity contribution in [2.75, 3.05) is 0 Å².